The SMILES string of the molecule is C[C@@](CO)(COc1ccc2cc(-c3ccccc3)c(=O)oc2c1)C(F)(F)F. The first-order valence-electron chi connectivity index (χ1n) is 8.17. The van der Waals surface area contributed by atoms with Crippen molar-refractivity contribution >= 4 is 11.0 Å². The van der Waals surface area contributed by atoms with Gasteiger partial charge in [0.25, 0.3) is 0 Å². The summed E-state index contributed by atoms with van der Waals surface area (Å²) in [5, 5.41) is 9.70. The first kappa shape index (κ1) is 19.0. The maximum absolute atomic E-state index is 13.0. The second-order valence-electron chi connectivity index (χ2n) is 6.52. The zero-order valence-corrected chi connectivity index (χ0v) is 14.4. The summed E-state index contributed by atoms with van der Waals surface area (Å²) < 4.78 is 49.6. The highest BCUT2D eigenvalue weighted by atomic mass is 19.4. The Labute approximate surface area is 152 Å². The third-order valence-corrected chi connectivity index (χ3v) is 4.38. The number of alkyl halides is 3. The van der Waals surface area contributed by atoms with Crippen LogP contribution in [0.3, 0.4) is 0 Å². The van der Waals surface area contributed by atoms with Gasteiger partial charge in [-0.1, -0.05) is 30.3 Å². The van der Waals surface area contributed by atoms with E-state index in [1.807, 2.05) is 6.07 Å². The van der Waals surface area contributed by atoms with Gasteiger partial charge in [-0.3, -0.25) is 0 Å². The molecule has 1 atom stereocenters. The highest BCUT2D eigenvalue weighted by Gasteiger charge is 2.51. The Bertz CT molecular complexity index is 996. The van der Waals surface area contributed by atoms with E-state index in [1.54, 1.807) is 36.4 Å². The lowest BCUT2D eigenvalue weighted by Gasteiger charge is -2.29. The zero-order valence-electron chi connectivity index (χ0n) is 14.4. The molecule has 142 valence electrons. The summed E-state index contributed by atoms with van der Waals surface area (Å²) in [5.74, 6) is 0.113. The molecule has 0 saturated carbocycles. The molecule has 1 aromatic heterocycles. The number of aliphatic hydroxyl groups is 1. The highest BCUT2D eigenvalue weighted by Crippen LogP contribution is 2.38. The smallest absolute Gasteiger partial charge is 0.399 e. The van der Waals surface area contributed by atoms with E-state index in [0.717, 1.165) is 6.92 Å². The van der Waals surface area contributed by atoms with Gasteiger partial charge in [-0.05, 0) is 30.7 Å². The number of hydrogen-bond donors (Lipinski definition) is 1. The van der Waals surface area contributed by atoms with E-state index in [9.17, 15) is 18.0 Å². The normalized spacial score (nSPS) is 14.1. The number of rotatable bonds is 5. The van der Waals surface area contributed by atoms with Crippen molar-refractivity contribution in [2.75, 3.05) is 13.2 Å². The largest absolute Gasteiger partial charge is 0.492 e. The van der Waals surface area contributed by atoms with Crippen LogP contribution in [0.4, 0.5) is 13.2 Å². The summed E-state index contributed by atoms with van der Waals surface area (Å²) in [4.78, 5) is 12.3. The van der Waals surface area contributed by atoms with Gasteiger partial charge in [0.1, 0.15) is 23.4 Å². The van der Waals surface area contributed by atoms with E-state index < -0.39 is 30.4 Å². The molecule has 0 radical (unpaired) electrons. The van der Waals surface area contributed by atoms with Gasteiger partial charge in [0.05, 0.1) is 12.2 Å². The number of hydrogen-bond acceptors (Lipinski definition) is 4. The van der Waals surface area contributed by atoms with E-state index in [4.69, 9.17) is 14.3 Å². The quantitative estimate of drug-likeness (QED) is 0.669. The molecule has 0 bridgehead atoms. The molecule has 0 aliphatic heterocycles. The summed E-state index contributed by atoms with van der Waals surface area (Å²) in [6.45, 7) is -0.981. The molecule has 7 heteroatoms. The van der Waals surface area contributed by atoms with Crippen LogP contribution < -0.4 is 10.4 Å². The van der Waals surface area contributed by atoms with Gasteiger partial charge in [-0.25, -0.2) is 4.79 Å². The lowest BCUT2D eigenvalue weighted by Crippen LogP contribution is -2.43. The molecule has 0 unspecified atom stereocenters. The van der Waals surface area contributed by atoms with Gasteiger partial charge in [0.2, 0.25) is 0 Å². The predicted molar refractivity (Wildman–Crippen MR) is 94.7 cm³/mol. The Kier molecular flexibility index (Phi) is 4.97. The molecular weight excluding hydrogens is 361 g/mol. The molecule has 0 spiro atoms. The monoisotopic (exact) mass is 378 g/mol. The standard InChI is InChI=1S/C20H17F3O4/c1-19(11-24,20(21,22)23)12-26-15-8-7-14-9-16(13-5-3-2-4-6-13)18(25)27-17(14)10-15/h2-10,24H,11-12H2,1H3/t19-/m1/s1. The molecule has 1 N–H and O–H groups in total. The van der Waals surface area contributed by atoms with Crippen molar-refractivity contribution in [3.05, 3.63) is 65.0 Å². The van der Waals surface area contributed by atoms with Crippen molar-refractivity contribution in [1.29, 1.82) is 0 Å². The van der Waals surface area contributed by atoms with Crippen molar-refractivity contribution < 1.29 is 27.4 Å². The second kappa shape index (κ2) is 7.08. The minimum Gasteiger partial charge on any atom is -0.492 e. The summed E-state index contributed by atoms with van der Waals surface area (Å²) in [5.41, 5.74) is -1.64. The molecule has 0 aliphatic rings. The van der Waals surface area contributed by atoms with Gasteiger partial charge < -0.3 is 14.3 Å². The molecule has 0 saturated heterocycles. The van der Waals surface area contributed by atoms with Crippen molar-refractivity contribution in [3.8, 4) is 16.9 Å². The van der Waals surface area contributed by atoms with Crippen LogP contribution in [0.25, 0.3) is 22.1 Å². The predicted octanol–water partition coefficient (Wildman–Crippen LogP) is 4.40. The molecule has 3 aromatic rings. The Hall–Kier alpha value is -2.80. The Balaban J connectivity index is 1.89. The van der Waals surface area contributed by atoms with Crippen LogP contribution in [0.1, 0.15) is 6.92 Å². The molecule has 27 heavy (non-hydrogen) atoms. The van der Waals surface area contributed by atoms with Gasteiger partial charge in [-0.15, -0.1) is 0 Å². The fourth-order valence-electron chi connectivity index (χ4n) is 2.46. The maximum Gasteiger partial charge on any atom is 0.399 e. The highest BCUT2D eigenvalue weighted by molar-refractivity contribution is 5.82. The summed E-state index contributed by atoms with van der Waals surface area (Å²) in [6.07, 6.45) is -4.62. The van der Waals surface area contributed by atoms with Gasteiger partial charge in [0.15, 0.2) is 0 Å². The van der Waals surface area contributed by atoms with Crippen LogP contribution in [0.2, 0.25) is 0 Å². The number of benzene rings is 2. The Morgan fingerprint density at radius 1 is 1.07 bits per heavy atom. The molecule has 2 aromatic carbocycles. The molecule has 0 fully saturated rings. The van der Waals surface area contributed by atoms with E-state index in [2.05, 4.69) is 0 Å². The molecule has 3 rings (SSSR count). The molecular formula is C20H17F3O4. The topological polar surface area (TPSA) is 59.7 Å². The van der Waals surface area contributed by atoms with E-state index in [0.29, 0.717) is 16.5 Å². The zero-order chi connectivity index (χ0) is 19.7. The van der Waals surface area contributed by atoms with E-state index in [1.165, 1.54) is 12.1 Å². The fraction of sp³-hybridized carbons (Fsp3) is 0.250. The van der Waals surface area contributed by atoms with Gasteiger partial charge >= 0.3 is 11.8 Å². The average Bonchev–Trinajstić information content (AvgIpc) is 2.65. The molecule has 0 amide bonds. The maximum atomic E-state index is 13.0. The summed E-state index contributed by atoms with van der Waals surface area (Å²) >= 11 is 0. The van der Waals surface area contributed by atoms with Crippen LogP contribution in [0, 0.1) is 5.41 Å². The summed E-state index contributed by atoms with van der Waals surface area (Å²) in [7, 11) is 0. The van der Waals surface area contributed by atoms with Crippen LogP contribution in [-0.2, 0) is 0 Å². The van der Waals surface area contributed by atoms with Gasteiger partial charge in [-0.2, -0.15) is 13.2 Å². The first-order valence-corrected chi connectivity index (χ1v) is 8.17. The molecule has 1 heterocycles. The van der Waals surface area contributed by atoms with Crippen molar-refractivity contribution in [2.24, 2.45) is 5.41 Å². The lowest BCUT2D eigenvalue weighted by molar-refractivity contribution is -0.237. The van der Waals surface area contributed by atoms with Crippen molar-refractivity contribution in [1.82, 2.24) is 0 Å². The van der Waals surface area contributed by atoms with Crippen molar-refractivity contribution in [3.63, 3.8) is 0 Å². The third kappa shape index (κ3) is 3.83. The number of ether oxygens (including phenoxy) is 1. The third-order valence-electron chi connectivity index (χ3n) is 4.38. The Morgan fingerprint density at radius 2 is 1.78 bits per heavy atom. The lowest BCUT2D eigenvalue weighted by atomic mass is 9.92. The average molecular weight is 378 g/mol. The minimum absolute atomic E-state index is 0.113. The second-order valence-corrected chi connectivity index (χ2v) is 6.52. The van der Waals surface area contributed by atoms with Crippen LogP contribution in [0.15, 0.2) is 63.8 Å². The van der Waals surface area contributed by atoms with E-state index >= 15 is 0 Å². The summed E-state index contributed by atoms with van der Waals surface area (Å²) in [6, 6.07) is 15.1. The number of aliphatic hydroxyl groups excluding tert-OH is 1. The van der Waals surface area contributed by atoms with Crippen LogP contribution in [-0.4, -0.2) is 24.5 Å². The first-order chi connectivity index (χ1) is 12.7. The minimum atomic E-state index is -4.62. The van der Waals surface area contributed by atoms with Gasteiger partial charge in [0, 0.05) is 11.5 Å². The van der Waals surface area contributed by atoms with Crippen LogP contribution >= 0.6 is 0 Å². The van der Waals surface area contributed by atoms with Crippen LogP contribution in [0.5, 0.6) is 5.75 Å². The van der Waals surface area contributed by atoms with Crippen molar-refractivity contribution in [2.45, 2.75) is 13.1 Å². The van der Waals surface area contributed by atoms with E-state index in [-0.39, 0.29) is 11.3 Å². The Morgan fingerprint density at radius 3 is 2.41 bits per heavy atom. The number of halogens is 3. The number of fused-ring (bicyclic) bond motifs is 1. The fourth-order valence-corrected chi connectivity index (χ4v) is 2.46. The molecule has 4 nitrogen and oxygen atoms in total. The molecule has 0 aliphatic carbocycles.